The van der Waals surface area contributed by atoms with Crippen molar-refractivity contribution in [3.05, 3.63) is 35.4 Å². The summed E-state index contributed by atoms with van der Waals surface area (Å²) in [6, 6.07) is 7.38. The Kier molecular flexibility index (Phi) is 5.19. The predicted molar refractivity (Wildman–Crippen MR) is 94.2 cm³/mol. The fourth-order valence-corrected chi connectivity index (χ4v) is 3.19. The molecule has 0 saturated heterocycles. The zero-order chi connectivity index (χ0) is 18.0. The third-order valence-electron chi connectivity index (χ3n) is 2.84. The van der Waals surface area contributed by atoms with Crippen LogP contribution in [0.25, 0.3) is 0 Å². The van der Waals surface area contributed by atoms with Gasteiger partial charge in [-0.3, -0.25) is 4.72 Å². The van der Waals surface area contributed by atoms with E-state index >= 15 is 0 Å². The molecule has 0 aliphatic carbocycles. The van der Waals surface area contributed by atoms with E-state index < -0.39 is 10.0 Å². The molecule has 0 atom stereocenters. The predicted octanol–water partition coefficient (Wildman–Crippen LogP) is 3.15. The number of hydrogen-bond acceptors (Lipinski definition) is 6. The molecule has 2 aromatic rings. The zero-order valence-corrected chi connectivity index (χ0v) is 15.4. The summed E-state index contributed by atoms with van der Waals surface area (Å²) < 4.78 is 32.1. The lowest BCUT2D eigenvalue weighted by molar-refractivity contribution is 0.414. The minimum atomic E-state index is -3.82. The van der Waals surface area contributed by atoms with E-state index in [1.807, 2.05) is 20.8 Å². The van der Waals surface area contributed by atoms with Gasteiger partial charge in [-0.05, 0) is 51.1 Å². The molecule has 24 heavy (non-hydrogen) atoms. The van der Waals surface area contributed by atoms with Gasteiger partial charge in [0.2, 0.25) is 0 Å². The molecule has 1 aromatic carbocycles. The second-order valence-electron chi connectivity index (χ2n) is 6.08. The van der Waals surface area contributed by atoms with Gasteiger partial charge in [0, 0.05) is 5.54 Å². The lowest BCUT2D eigenvalue weighted by Crippen LogP contribution is -2.26. The Morgan fingerprint density at radius 3 is 2.21 bits per heavy atom. The molecule has 0 saturated carbocycles. The number of hydrogen-bond donors (Lipinski definition) is 2. The molecule has 2 N–H and O–H groups in total. The maximum Gasteiger partial charge on any atom is 0.263 e. The number of anilines is 2. The van der Waals surface area contributed by atoms with Crippen molar-refractivity contribution in [3.63, 3.8) is 0 Å². The Balaban J connectivity index is 2.18. The molecule has 0 bridgehead atoms. The van der Waals surface area contributed by atoms with Gasteiger partial charge in [-0.2, -0.15) is 0 Å². The average molecular weight is 371 g/mol. The highest BCUT2D eigenvalue weighted by Gasteiger charge is 2.17. The fraction of sp³-hybridized carbons (Fsp3) is 0.333. The van der Waals surface area contributed by atoms with Crippen LogP contribution < -0.4 is 14.8 Å². The monoisotopic (exact) mass is 370 g/mol. The third kappa shape index (κ3) is 4.72. The largest absolute Gasteiger partial charge is 0.495 e. The van der Waals surface area contributed by atoms with Gasteiger partial charge in [-0.15, -0.1) is 10.2 Å². The molecule has 0 radical (unpaired) electrons. The van der Waals surface area contributed by atoms with Crippen molar-refractivity contribution >= 4 is 33.3 Å². The Morgan fingerprint density at radius 2 is 1.71 bits per heavy atom. The van der Waals surface area contributed by atoms with Crippen LogP contribution in [0.15, 0.2) is 35.2 Å². The van der Waals surface area contributed by atoms with Crippen molar-refractivity contribution in [2.45, 2.75) is 31.2 Å². The van der Waals surface area contributed by atoms with E-state index in [1.54, 1.807) is 6.07 Å². The molecule has 1 heterocycles. The standard InChI is InChI=1S/C15H19ClN4O3S/c1-15(2,3)17-13-7-8-14(19-18-13)20-24(21,22)10-5-6-12(23-4)11(16)9-10/h5-9H,1-4H3,(H,17,18)(H,19,20). The van der Waals surface area contributed by atoms with E-state index in [0.29, 0.717) is 11.6 Å². The first kappa shape index (κ1) is 18.3. The smallest absolute Gasteiger partial charge is 0.263 e. The summed E-state index contributed by atoms with van der Waals surface area (Å²) in [5.41, 5.74) is -0.171. The van der Waals surface area contributed by atoms with Crippen molar-refractivity contribution in [2.24, 2.45) is 0 Å². The first-order chi connectivity index (χ1) is 11.1. The molecule has 0 aliphatic rings. The number of sulfonamides is 1. The molecule has 0 spiro atoms. The second-order valence-corrected chi connectivity index (χ2v) is 8.17. The van der Waals surface area contributed by atoms with Gasteiger partial charge in [0.25, 0.3) is 10.0 Å². The highest BCUT2D eigenvalue weighted by Crippen LogP contribution is 2.27. The first-order valence-corrected chi connectivity index (χ1v) is 8.95. The van der Waals surface area contributed by atoms with Gasteiger partial charge in [0.1, 0.15) is 11.6 Å². The summed E-state index contributed by atoms with van der Waals surface area (Å²) in [7, 11) is -2.37. The van der Waals surface area contributed by atoms with Gasteiger partial charge in [-0.1, -0.05) is 11.6 Å². The molecule has 2 rings (SSSR count). The number of benzene rings is 1. The van der Waals surface area contributed by atoms with Crippen molar-refractivity contribution in [1.29, 1.82) is 0 Å². The number of nitrogens with one attached hydrogen (secondary N) is 2. The van der Waals surface area contributed by atoms with Crippen LogP contribution in [0.2, 0.25) is 5.02 Å². The molecule has 7 nitrogen and oxygen atoms in total. The van der Waals surface area contributed by atoms with Crippen molar-refractivity contribution in [1.82, 2.24) is 10.2 Å². The molecule has 0 unspecified atom stereocenters. The quantitative estimate of drug-likeness (QED) is 0.839. The number of aromatic nitrogens is 2. The number of nitrogens with zero attached hydrogens (tertiary/aromatic N) is 2. The van der Waals surface area contributed by atoms with E-state index in [4.69, 9.17) is 16.3 Å². The Morgan fingerprint density at radius 1 is 1.08 bits per heavy atom. The highest BCUT2D eigenvalue weighted by atomic mass is 35.5. The van der Waals surface area contributed by atoms with E-state index in [1.165, 1.54) is 31.4 Å². The lowest BCUT2D eigenvalue weighted by Gasteiger charge is -2.20. The first-order valence-electron chi connectivity index (χ1n) is 7.09. The summed E-state index contributed by atoms with van der Waals surface area (Å²) in [4.78, 5) is 0.00648. The van der Waals surface area contributed by atoms with Gasteiger partial charge >= 0.3 is 0 Å². The van der Waals surface area contributed by atoms with Crippen LogP contribution in [0.5, 0.6) is 5.75 Å². The van der Waals surface area contributed by atoms with Gasteiger partial charge in [0.05, 0.1) is 17.0 Å². The molecule has 130 valence electrons. The minimum absolute atomic E-state index is 0.00648. The molecular formula is C15H19ClN4O3S. The summed E-state index contributed by atoms with van der Waals surface area (Å²) in [6.45, 7) is 5.95. The van der Waals surface area contributed by atoms with Gasteiger partial charge < -0.3 is 10.1 Å². The zero-order valence-electron chi connectivity index (χ0n) is 13.8. The van der Waals surface area contributed by atoms with E-state index in [2.05, 4.69) is 20.2 Å². The maximum absolute atomic E-state index is 12.4. The van der Waals surface area contributed by atoms with Gasteiger partial charge in [-0.25, -0.2) is 8.42 Å². The third-order valence-corrected chi connectivity index (χ3v) is 4.49. The summed E-state index contributed by atoms with van der Waals surface area (Å²) in [5.74, 6) is 1.06. The maximum atomic E-state index is 12.4. The summed E-state index contributed by atoms with van der Waals surface area (Å²) >= 11 is 5.97. The van der Waals surface area contributed by atoms with E-state index in [9.17, 15) is 8.42 Å². The number of methoxy groups -OCH3 is 1. The van der Waals surface area contributed by atoms with Crippen LogP contribution in [0, 0.1) is 0 Å². The molecule has 0 aliphatic heterocycles. The van der Waals surface area contributed by atoms with E-state index in [-0.39, 0.29) is 21.3 Å². The lowest BCUT2D eigenvalue weighted by atomic mass is 10.1. The Hall–Kier alpha value is -2.06. The SMILES string of the molecule is COc1ccc(S(=O)(=O)Nc2ccc(NC(C)(C)C)nn2)cc1Cl. The second kappa shape index (κ2) is 6.82. The number of ether oxygens (including phenoxy) is 1. The van der Waals surface area contributed by atoms with Crippen LogP contribution >= 0.6 is 11.6 Å². The highest BCUT2D eigenvalue weighted by molar-refractivity contribution is 7.92. The Bertz CT molecular complexity index is 818. The minimum Gasteiger partial charge on any atom is -0.495 e. The summed E-state index contributed by atoms with van der Waals surface area (Å²) in [5, 5.41) is 11.2. The normalized spacial score (nSPS) is 11.9. The van der Waals surface area contributed by atoms with Crippen LogP contribution in [0.1, 0.15) is 20.8 Å². The Labute approximate surface area is 146 Å². The van der Waals surface area contributed by atoms with Crippen LogP contribution in [-0.2, 0) is 10.0 Å². The molecule has 1 aromatic heterocycles. The topological polar surface area (TPSA) is 93.2 Å². The number of rotatable bonds is 5. The molecule has 0 fully saturated rings. The van der Waals surface area contributed by atoms with E-state index in [0.717, 1.165) is 0 Å². The van der Waals surface area contributed by atoms with Crippen molar-refractivity contribution < 1.29 is 13.2 Å². The van der Waals surface area contributed by atoms with Crippen LogP contribution in [0.3, 0.4) is 0 Å². The van der Waals surface area contributed by atoms with Crippen molar-refractivity contribution in [2.75, 3.05) is 17.1 Å². The molecule has 9 heteroatoms. The average Bonchev–Trinajstić information content (AvgIpc) is 2.47. The van der Waals surface area contributed by atoms with Crippen molar-refractivity contribution in [3.8, 4) is 5.75 Å². The molecule has 0 amide bonds. The van der Waals surface area contributed by atoms with Crippen LogP contribution in [0.4, 0.5) is 11.6 Å². The van der Waals surface area contributed by atoms with Gasteiger partial charge in [0.15, 0.2) is 5.82 Å². The molecular weight excluding hydrogens is 352 g/mol. The number of halogens is 1. The fourth-order valence-electron chi connectivity index (χ4n) is 1.85. The van der Waals surface area contributed by atoms with Crippen LogP contribution in [-0.4, -0.2) is 31.3 Å². The summed E-state index contributed by atoms with van der Waals surface area (Å²) in [6.07, 6.45) is 0.